The molecule has 24 heavy (non-hydrogen) atoms. The molecule has 0 saturated carbocycles. The van der Waals surface area contributed by atoms with Crippen LogP contribution in [0.4, 0.5) is 5.69 Å². The highest BCUT2D eigenvalue weighted by atomic mass is 79.9. The zero-order valence-corrected chi connectivity index (χ0v) is 15.9. The van der Waals surface area contributed by atoms with Crippen molar-refractivity contribution in [3.63, 3.8) is 0 Å². The smallest absolute Gasteiger partial charge is 0.220 e. The molecule has 0 spiro atoms. The highest BCUT2D eigenvalue weighted by Gasteiger charge is 2.05. The fourth-order valence-electron chi connectivity index (χ4n) is 2.32. The first-order valence-corrected chi connectivity index (χ1v) is 8.64. The Hall–Kier alpha value is -2.01. The number of halogens is 1. The third-order valence-electron chi connectivity index (χ3n) is 3.80. The van der Waals surface area contributed by atoms with Crippen molar-refractivity contribution in [1.29, 1.82) is 0 Å². The van der Waals surface area contributed by atoms with E-state index in [4.69, 9.17) is 4.74 Å². The van der Waals surface area contributed by atoms with Gasteiger partial charge in [0, 0.05) is 32.7 Å². The molecule has 0 saturated heterocycles. The topological polar surface area (TPSA) is 41.6 Å². The molecule has 0 aliphatic carbocycles. The molecule has 0 aliphatic heterocycles. The first-order chi connectivity index (χ1) is 11.5. The third-order valence-corrected chi connectivity index (χ3v) is 4.42. The van der Waals surface area contributed by atoms with Crippen LogP contribution in [0.25, 0.3) is 0 Å². The maximum absolute atomic E-state index is 12.0. The summed E-state index contributed by atoms with van der Waals surface area (Å²) in [5.41, 5.74) is 3.35. The van der Waals surface area contributed by atoms with Gasteiger partial charge in [0.1, 0.15) is 5.75 Å². The van der Waals surface area contributed by atoms with E-state index in [0.29, 0.717) is 19.4 Å². The van der Waals surface area contributed by atoms with Crippen molar-refractivity contribution in [3.05, 3.63) is 58.1 Å². The molecular weight excluding hydrogens is 368 g/mol. The highest BCUT2D eigenvalue weighted by Crippen LogP contribution is 2.25. The normalized spacial score (nSPS) is 10.3. The maximum Gasteiger partial charge on any atom is 0.220 e. The summed E-state index contributed by atoms with van der Waals surface area (Å²) in [5, 5.41) is 2.97. The Bertz CT molecular complexity index is 684. The predicted octanol–water partition coefficient (Wildman–Crippen LogP) is 3.77. The van der Waals surface area contributed by atoms with E-state index in [1.54, 1.807) is 7.11 Å². The molecule has 0 atom stereocenters. The summed E-state index contributed by atoms with van der Waals surface area (Å²) in [4.78, 5) is 14.1. The van der Waals surface area contributed by atoms with Crippen LogP contribution in [-0.2, 0) is 17.8 Å². The molecular formula is C19H23BrN2O2. The molecule has 2 aromatic carbocycles. The SMILES string of the molecule is COc1ccc(CCC(=O)NCc2ccc(N(C)C)cc2)cc1Br. The zero-order chi connectivity index (χ0) is 17.5. The molecule has 0 bridgehead atoms. The van der Waals surface area contributed by atoms with Crippen molar-refractivity contribution in [2.24, 2.45) is 0 Å². The molecule has 1 amide bonds. The van der Waals surface area contributed by atoms with E-state index >= 15 is 0 Å². The number of carbonyl (C=O) groups excluding carboxylic acids is 1. The molecule has 5 heteroatoms. The molecule has 0 aromatic heterocycles. The average Bonchev–Trinajstić information content (AvgIpc) is 2.58. The average molecular weight is 391 g/mol. The molecule has 0 heterocycles. The first kappa shape index (κ1) is 18.3. The molecule has 2 rings (SSSR count). The number of benzene rings is 2. The Labute approximate surface area is 151 Å². The lowest BCUT2D eigenvalue weighted by molar-refractivity contribution is -0.121. The van der Waals surface area contributed by atoms with Crippen molar-refractivity contribution in [3.8, 4) is 5.75 Å². The molecule has 2 aromatic rings. The summed E-state index contributed by atoms with van der Waals surface area (Å²) in [6.07, 6.45) is 1.17. The van der Waals surface area contributed by atoms with Gasteiger partial charge in [-0.25, -0.2) is 0 Å². The second-order valence-electron chi connectivity index (χ2n) is 5.81. The molecule has 0 fully saturated rings. The Morgan fingerprint density at radius 3 is 2.38 bits per heavy atom. The number of hydrogen-bond acceptors (Lipinski definition) is 3. The van der Waals surface area contributed by atoms with E-state index in [2.05, 4.69) is 38.3 Å². The van der Waals surface area contributed by atoms with Gasteiger partial charge in [-0.05, 0) is 57.7 Å². The van der Waals surface area contributed by atoms with E-state index in [0.717, 1.165) is 27.0 Å². The fraction of sp³-hybridized carbons (Fsp3) is 0.316. The first-order valence-electron chi connectivity index (χ1n) is 7.85. The number of anilines is 1. The Balaban J connectivity index is 1.80. The van der Waals surface area contributed by atoms with Gasteiger partial charge in [-0.3, -0.25) is 4.79 Å². The van der Waals surface area contributed by atoms with Crippen molar-refractivity contribution in [2.45, 2.75) is 19.4 Å². The number of carbonyl (C=O) groups is 1. The summed E-state index contributed by atoms with van der Waals surface area (Å²) in [6, 6.07) is 14.1. The molecule has 0 unspecified atom stereocenters. The van der Waals surface area contributed by atoms with Gasteiger partial charge in [-0.2, -0.15) is 0 Å². The predicted molar refractivity (Wildman–Crippen MR) is 102 cm³/mol. The van der Waals surface area contributed by atoms with Crippen molar-refractivity contribution in [2.75, 3.05) is 26.1 Å². The molecule has 1 N–H and O–H groups in total. The molecule has 0 aliphatic rings. The molecule has 128 valence electrons. The van der Waals surface area contributed by atoms with Gasteiger partial charge in [0.05, 0.1) is 11.6 Å². The van der Waals surface area contributed by atoms with Crippen LogP contribution in [0.2, 0.25) is 0 Å². The summed E-state index contributed by atoms with van der Waals surface area (Å²) in [7, 11) is 5.65. The van der Waals surface area contributed by atoms with Crippen molar-refractivity contribution in [1.82, 2.24) is 5.32 Å². The van der Waals surface area contributed by atoms with Gasteiger partial charge in [-0.1, -0.05) is 18.2 Å². The van der Waals surface area contributed by atoms with E-state index in [1.807, 2.05) is 44.4 Å². The van der Waals surface area contributed by atoms with Gasteiger partial charge < -0.3 is 15.0 Å². The lowest BCUT2D eigenvalue weighted by Gasteiger charge is -2.13. The van der Waals surface area contributed by atoms with Crippen molar-refractivity contribution >= 4 is 27.5 Å². The van der Waals surface area contributed by atoms with Gasteiger partial charge >= 0.3 is 0 Å². The largest absolute Gasteiger partial charge is 0.496 e. The lowest BCUT2D eigenvalue weighted by Crippen LogP contribution is -2.23. The minimum atomic E-state index is 0.0543. The summed E-state index contributed by atoms with van der Waals surface area (Å²) < 4.78 is 6.11. The van der Waals surface area contributed by atoms with E-state index in [1.165, 1.54) is 0 Å². The fourth-order valence-corrected chi connectivity index (χ4v) is 2.91. The monoisotopic (exact) mass is 390 g/mol. The van der Waals surface area contributed by atoms with Crippen LogP contribution >= 0.6 is 15.9 Å². The highest BCUT2D eigenvalue weighted by molar-refractivity contribution is 9.10. The number of nitrogens with zero attached hydrogens (tertiary/aromatic N) is 1. The number of amides is 1. The maximum atomic E-state index is 12.0. The number of aryl methyl sites for hydroxylation is 1. The Kier molecular flexibility index (Phi) is 6.67. The van der Waals surface area contributed by atoms with Crippen LogP contribution in [0.5, 0.6) is 5.75 Å². The van der Waals surface area contributed by atoms with Gasteiger partial charge in [-0.15, -0.1) is 0 Å². The van der Waals surface area contributed by atoms with Gasteiger partial charge in [0.15, 0.2) is 0 Å². The van der Waals surface area contributed by atoms with Crippen LogP contribution in [0.3, 0.4) is 0 Å². The second kappa shape index (κ2) is 8.73. The lowest BCUT2D eigenvalue weighted by atomic mass is 10.1. The van der Waals surface area contributed by atoms with Crippen LogP contribution < -0.4 is 15.0 Å². The minimum Gasteiger partial charge on any atom is -0.496 e. The Morgan fingerprint density at radius 2 is 1.79 bits per heavy atom. The summed E-state index contributed by atoms with van der Waals surface area (Å²) in [6.45, 7) is 0.554. The standard InChI is InChI=1S/C19H23BrN2O2/c1-22(2)16-8-4-15(5-9-16)13-21-19(23)11-7-14-6-10-18(24-3)17(20)12-14/h4-6,8-10,12H,7,11,13H2,1-3H3,(H,21,23). The van der Waals surface area contributed by atoms with Crippen LogP contribution in [0.15, 0.2) is 46.9 Å². The van der Waals surface area contributed by atoms with E-state index in [9.17, 15) is 4.79 Å². The second-order valence-corrected chi connectivity index (χ2v) is 6.66. The van der Waals surface area contributed by atoms with Gasteiger partial charge in [0.2, 0.25) is 5.91 Å². The Morgan fingerprint density at radius 1 is 1.12 bits per heavy atom. The van der Waals surface area contributed by atoms with Crippen molar-refractivity contribution < 1.29 is 9.53 Å². The zero-order valence-electron chi connectivity index (χ0n) is 14.3. The quantitative estimate of drug-likeness (QED) is 0.781. The summed E-state index contributed by atoms with van der Waals surface area (Å²) in [5.74, 6) is 0.850. The minimum absolute atomic E-state index is 0.0543. The summed E-state index contributed by atoms with van der Waals surface area (Å²) >= 11 is 3.46. The molecule has 0 radical (unpaired) electrons. The van der Waals surface area contributed by atoms with Gasteiger partial charge in [0.25, 0.3) is 0 Å². The number of hydrogen-bond donors (Lipinski definition) is 1. The van der Waals surface area contributed by atoms with Crippen LogP contribution in [-0.4, -0.2) is 27.1 Å². The van der Waals surface area contributed by atoms with E-state index in [-0.39, 0.29) is 5.91 Å². The van der Waals surface area contributed by atoms with Crippen LogP contribution in [0.1, 0.15) is 17.5 Å². The number of ether oxygens (including phenoxy) is 1. The number of rotatable bonds is 7. The number of methoxy groups -OCH3 is 1. The van der Waals surface area contributed by atoms with E-state index < -0.39 is 0 Å². The number of nitrogens with one attached hydrogen (secondary N) is 1. The van der Waals surface area contributed by atoms with Crippen LogP contribution in [0, 0.1) is 0 Å². The third kappa shape index (κ3) is 5.27. The molecule has 4 nitrogen and oxygen atoms in total.